The first-order chi connectivity index (χ1) is 35.5. The van der Waals surface area contributed by atoms with Gasteiger partial charge < -0.3 is 14.2 Å². The van der Waals surface area contributed by atoms with Gasteiger partial charge in [-0.2, -0.15) is 0 Å². The second kappa shape index (κ2) is 60.1. The van der Waals surface area contributed by atoms with E-state index in [1.807, 2.05) is 6.08 Å². The predicted octanol–water partition coefficient (Wildman–Crippen LogP) is 20.7. The second-order valence-corrected chi connectivity index (χ2v) is 20.2. The fourth-order valence-corrected chi connectivity index (χ4v) is 8.58. The van der Waals surface area contributed by atoms with Gasteiger partial charge >= 0.3 is 17.9 Å². The number of hydrogen-bond acceptors (Lipinski definition) is 6. The molecule has 0 N–H and O–H groups in total. The maximum Gasteiger partial charge on any atom is 0.306 e. The van der Waals surface area contributed by atoms with Crippen molar-refractivity contribution >= 4 is 17.9 Å². The van der Waals surface area contributed by atoms with Crippen LogP contribution in [-0.2, 0) is 28.6 Å². The van der Waals surface area contributed by atoms with Crippen LogP contribution in [0.3, 0.4) is 0 Å². The number of carbonyl (C=O) groups is 3. The molecule has 0 saturated heterocycles. The standard InChI is InChI=1S/C66H114O6/c1-4-7-10-13-16-19-22-25-27-29-31-32-33-34-36-37-39-41-44-47-50-53-56-59-65(68)71-62-63(61-70-64(67)58-55-52-49-46-43-24-21-18-15-12-9-6-3)72-66(69)60-57-54-51-48-45-42-40-38-35-30-28-26-23-20-17-14-11-8-5-2/h8,11,17,20,26,28-29,31,35,38,42,45,51,54,63H,4-7,9-10,12-16,18-19,21-25,27,30,32-34,36-37,39-41,43-44,46-50,52-53,55-62H2,1-3H3/b11-8-,20-17-,28-26-,31-29-,38-35-,45-42-,54-51-. The summed E-state index contributed by atoms with van der Waals surface area (Å²) in [5.74, 6) is -0.981. The van der Waals surface area contributed by atoms with Crippen molar-refractivity contribution in [1.29, 1.82) is 0 Å². The Labute approximate surface area is 445 Å². The van der Waals surface area contributed by atoms with E-state index in [4.69, 9.17) is 14.2 Å². The van der Waals surface area contributed by atoms with E-state index in [-0.39, 0.29) is 37.5 Å². The molecule has 0 aromatic heterocycles. The van der Waals surface area contributed by atoms with Crippen LogP contribution in [0.1, 0.15) is 297 Å². The SMILES string of the molecule is CC/C=C\C/C=C\C/C=C\C/C=C\C/C=C\C/C=C\CCC(=O)OC(COC(=O)CCCCCCCCCCCCCC)COC(=O)CCCCCCCCCCCCC/C=C\CCCCCCCCCC. The minimum atomic E-state index is -0.816. The molecule has 0 fully saturated rings. The Hall–Kier alpha value is -3.41. The molecule has 0 heterocycles. The maximum absolute atomic E-state index is 12.8. The number of hydrogen-bond donors (Lipinski definition) is 0. The van der Waals surface area contributed by atoms with Crippen molar-refractivity contribution in [2.75, 3.05) is 13.2 Å². The van der Waals surface area contributed by atoms with Gasteiger partial charge in [0.15, 0.2) is 6.10 Å². The van der Waals surface area contributed by atoms with Crippen LogP contribution in [0.25, 0.3) is 0 Å². The van der Waals surface area contributed by atoms with Crippen LogP contribution in [-0.4, -0.2) is 37.2 Å². The monoisotopic (exact) mass is 1000 g/mol. The van der Waals surface area contributed by atoms with E-state index in [1.165, 1.54) is 173 Å². The van der Waals surface area contributed by atoms with Crippen LogP contribution >= 0.6 is 0 Å². The summed E-state index contributed by atoms with van der Waals surface area (Å²) >= 11 is 0. The molecule has 0 aliphatic rings. The van der Waals surface area contributed by atoms with Gasteiger partial charge in [0.05, 0.1) is 0 Å². The summed E-state index contributed by atoms with van der Waals surface area (Å²) in [7, 11) is 0. The van der Waals surface area contributed by atoms with Crippen molar-refractivity contribution in [1.82, 2.24) is 0 Å². The summed E-state index contributed by atoms with van der Waals surface area (Å²) in [4.78, 5) is 38.2. The third-order valence-electron chi connectivity index (χ3n) is 13.1. The molecular weight excluding hydrogens is 889 g/mol. The lowest BCUT2D eigenvalue weighted by molar-refractivity contribution is -0.166. The van der Waals surface area contributed by atoms with Crippen molar-refractivity contribution in [2.24, 2.45) is 0 Å². The molecule has 1 atom stereocenters. The molecule has 0 spiro atoms. The molecule has 0 saturated carbocycles. The van der Waals surface area contributed by atoms with E-state index >= 15 is 0 Å². The Morgan fingerprint density at radius 1 is 0.292 bits per heavy atom. The second-order valence-electron chi connectivity index (χ2n) is 20.2. The zero-order valence-corrected chi connectivity index (χ0v) is 47.4. The van der Waals surface area contributed by atoms with Gasteiger partial charge in [0.2, 0.25) is 0 Å². The Morgan fingerprint density at radius 2 is 0.569 bits per heavy atom. The van der Waals surface area contributed by atoms with E-state index in [9.17, 15) is 14.4 Å². The molecular formula is C66H114O6. The lowest BCUT2D eigenvalue weighted by Gasteiger charge is -2.18. The highest BCUT2D eigenvalue weighted by molar-refractivity contribution is 5.71. The normalized spacial score (nSPS) is 12.7. The highest BCUT2D eigenvalue weighted by atomic mass is 16.6. The molecule has 72 heavy (non-hydrogen) atoms. The first kappa shape index (κ1) is 68.6. The van der Waals surface area contributed by atoms with Gasteiger partial charge in [-0.25, -0.2) is 0 Å². The van der Waals surface area contributed by atoms with Gasteiger partial charge in [0.25, 0.3) is 0 Å². The number of allylic oxidation sites excluding steroid dienone is 14. The molecule has 6 nitrogen and oxygen atoms in total. The minimum absolute atomic E-state index is 0.104. The van der Waals surface area contributed by atoms with Gasteiger partial charge in [-0.05, 0) is 83.5 Å². The summed E-state index contributed by atoms with van der Waals surface area (Å²) in [5.41, 5.74) is 0. The van der Waals surface area contributed by atoms with Gasteiger partial charge in [-0.1, -0.05) is 279 Å². The molecule has 0 radical (unpaired) electrons. The van der Waals surface area contributed by atoms with E-state index in [0.717, 1.165) is 77.0 Å². The topological polar surface area (TPSA) is 78.9 Å². The molecule has 0 amide bonds. The Kier molecular flexibility index (Phi) is 57.3. The van der Waals surface area contributed by atoms with Gasteiger partial charge in [-0.15, -0.1) is 0 Å². The number of rotatable bonds is 55. The fraction of sp³-hybridized carbons (Fsp3) is 0.742. The largest absolute Gasteiger partial charge is 0.462 e. The Balaban J connectivity index is 4.39. The van der Waals surface area contributed by atoms with E-state index in [1.54, 1.807) is 0 Å². The molecule has 414 valence electrons. The van der Waals surface area contributed by atoms with E-state index < -0.39 is 6.10 Å². The Bertz CT molecular complexity index is 1380. The van der Waals surface area contributed by atoms with Crippen LogP contribution in [0.2, 0.25) is 0 Å². The highest BCUT2D eigenvalue weighted by Crippen LogP contribution is 2.16. The van der Waals surface area contributed by atoms with Crippen LogP contribution in [0, 0.1) is 0 Å². The van der Waals surface area contributed by atoms with Gasteiger partial charge in [0.1, 0.15) is 13.2 Å². The number of esters is 3. The fourth-order valence-electron chi connectivity index (χ4n) is 8.58. The molecule has 0 aliphatic heterocycles. The van der Waals surface area contributed by atoms with Gasteiger partial charge in [-0.3, -0.25) is 14.4 Å². The smallest absolute Gasteiger partial charge is 0.306 e. The summed E-state index contributed by atoms with van der Waals surface area (Å²) in [6.45, 7) is 6.48. The van der Waals surface area contributed by atoms with Crippen molar-refractivity contribution in [3.63, 3.8) is 0 Å². The number of ether oxygens (including phenoxy) is 3. The molecule has 0 bridgehead atoms. The molecule has 6 heteroatoms. The maximum atomic E-state index is 12.8. The zero-order chi connectivity index (χ0) is 52.2. The zero-order valence-electron chi connectivity index (χ0n) is 47.4. The average molecular weight is 1000 g/mol. The number of unbranched alkanes of at least 4 members (excludes halogenated alkanes) is 30. The Morgan fingerprint density at radius 3 is 0.903 bits per heavy atom. The van der Waals surface area contributed by atoms with Crippen molar-refractivity contribution in [3.8, 4) is 0 Å². The molecule has 0 aromatic rings. The van der Waals surface area contributed by atoms with Crippen LogP contribution < -0.4 is 0 Å². The van der Waals surface area contributed by atoms with E-state index in [0.29, 0.717) is 19.3 Å². The first-order valence-corrected chi connectivity index (χ1v) is 30.6. The van der Waals surface area contributed by atoms with Crippen molar-refractivity contribution < 1.29 is 28.6 Å². The third-order valence-corrected chi connectivity index (χ3v) is 13.1. The van der Waals surface area contributed by atoms with Crippen LogP contribution in [0.15, 0.2) is 85.1 Å². The summed E-state index contributed by atoms with van der Waals surface area (Å²) in [6.07, 6.45) is 78.9. The van der Waals surface area contributed by atoms with Crippen molar-refractivity contribution in [3.05, 3.63) is 85.1 Å². The molecule has 0 aromatic carbocycles. The highest BCUT2D eigenvalue weighted by Gasteiger charge is 2.19. The molecule has 0 rings (SSSR count). The van der Waals surface area contributed by atoms with Crippen molar-refractivity contribution in [2.45, 2.75) is 303 Å². The third kappa shape index (κ3) is 57.5. The lowest BCUT2D eigenvalue weighted by atomic mass is 10.0. The molecule has 0 aliphatic carbocycles. The van der Waals surface area contributed by atoms with Gasteiger partial charge in [0, 0.05) is 19.3 Å². The van der Waals surface area contributed by atoms with Crippen LogP contribution in [0.5, 0.6) is 0 Å². The summed E-state index contributed by atoms with van der Waals surface area (Å²) in [6, 6.07) is 0. The number of carbonyl (C=O) groups excluding carboxylic acids is 3. The molecule has 1 unspecified atom stereocenters. The average Bonchev–Trinajstić information content (AvgIpc) is 3.38. The summed E-state index contributed by atoms with van der Waals surface area (Å²) in [5, 5.41) is 0. The minimum Gasteiger partial charge on any atom is -0.462 e. The first-order valence-electron chi connectivity index (χ1n) is 30.6. The van der Waals surface area contributed by atoms with Crippen LogP contribution in [0.4, 0.5) is 0 Å². The summed E-state index contributed by atoms with van der Waals surface area (Å²) < 4.78 is 16.8. The predicted molar refractivity (Wildman–Crippen MR) is 311 cm³/mol. The van der Waals surface area contributed by atoms with E-state index in [2.05, 4.69) is 99.8 Å². The quantitative estimate of drug-likeness (QED) is 0.0261. The lowest BCUT2D eigenvalue weighted by Crippen LogP contribution is -2.30.